The van der Waals surface area contributed by atoms with Crippen molar-refractivity contribution in [1.29, 1.82) is 0 Å². The third-order valence-corrected chi connectivity index (χ3v) is 4.81. The lowest BCUT2D eigenvalue weighted by molar-refractivity contribution is 0.126. The monoisotopic (exact) mass is 432 g/mol. The van der Waals surface area contributed by atoms with Gasteiger partial charge in [-0.2, -0.15) is 0 Å². The molecule has 0 aliphatic heterocycles. The summed E-state index contributed by atoms with van der Waals surface area (Å²) < 4.78 is 6.19. The number of hydrogen-bond acceptors (Lipinski definition) is 3. The van der Waals surface area contributed by atoms with Gasteiger partial charge in [0.25, 0.3) is 0 Å². The number of halogens is 1. The summed E-state index contributed by atoms with van der Waals surface area (Å²) in [5, 5.41) is 1.10. The van der Waals surface area contributed by atoms with Crippen molar-refractivity contribution < 1.29 is 4.74 Å². The molecule has 1 heterocycles. The van der Waals surface area contributed by atoms with Crippen molar-refractivity contribution in [2.75, 3.05) is 11.9 Å². The van der Waals surface area contributed by atoms with Crippen LogP contribution in [0.4, 0.5) is 0 Å². The fourth-order valence-corrected chi connectivity index (χ4v) is 3.42. The van der Waals surface area contributed by atoms with Crippen LogP contribution >= 0.6 is 15.9 Å². The van der Waals surface area contributed by atoms with Gasteiger partial charge in [-0.25, -0.2) is 0 Å². The zero-order chi connectivity index (χ0) is 19.5. The number of alkyl halides is 1. The van der Waals surface area contributed by atoms with E-state index in [0.717, 1.165) is 36.4 Å². The van der Waals surface area contributed by atoms with Gasteiger partial charge >= 0.3 is 0 Å². The van der Waals surface area contributed by atoms with E-state index in [0.29, 0.717) is 0 Å². The molecule has 0 saturated carbocycles. The van der Waals surface area contributed by atoms with Crippen LogP contribution < -0.4 is 4.74 Å². The van der Waals surface area contributed by atoms with Gasteiger partial charge in [-0.1, -0.05) is 53.0 Å². The van der Waals surface area contributed by atoms with E-state index in [9.17, 15) is 0 Å². The molecule has 1 aromatic heterocycles. The molecule has 0 atom stereocenters. The van der Waals surface area contributed by atoms with Gasteiger partial charge in [0, 0.05) is 30.2 Å². The van der Waals surface area contributed by atoms with Crippen LogP contribution in [0.2, 0.25) is 0 Å². The molecule has 0 spiro atoms. The first-order valence-corrected chi connectivity index (χ1v) is 11.1. The lowest BCUT2D eigenvalue weighted by Gasteiger charge is -2.26. The van der Waals surface area contributed by atoms with E-state index in [1.807, 2.05) is 18.3 Å². The Morgan fingerprint density at radius 3 is 2.37 bits per heavy atom. The molecule has 0 bridgehead atoms. The van der Waals surface area contributed by atoms with Gasteiger partial charge in [0.1, 0.15) is 11.4 Å². The number of unbranched alkanes of at least 4 members (excludes halogenated alkanes) is 3. The lowest BCUT2D eigenvalue weighted by Crippen LogP contribution is -2.27. The summed E-state index contributed by atoms with van der Waals surface area (Å²) in [4.78, 5) is 7.01. The van der Waals surface area contributed by atoms with Crippen molar-refractivity contribution in [2.45, 2.75) is 65.1 Å². The number of benzene rings is 1. The Bertz CT molecular complexity index is 655. The molecule has 1 aromatic carbocycles. The smallest absolute Gasteiger partial charge is 0.124 e. The summed E-state index contributed by atoms with van der Waals surface area (Å²) in [6.45, 7) is 9.10. The molecular formula is C23H33BrN2O. The normalized spacial score (nSPS) is 11.7. The average Bonchev–Trinajstić information content (AvgIpc) is 2.63. The number of ether oxygens (including phenoxy) is 1. The first-order chi connectivity index (χ1) is 13.0. The quantitative estimate of drug-likeness (QED) is 0.311. The van der Waals surface area contributed by atoms with Crippen molar-refractivity contribution in [1.82, 2.24) is 9.88 Å². The van der Waals surface area contributed by atoms with Gasteiger partial charge in [-0.05, 0) is 58.4 Å². The summed E-state index contributed by atoms with van der Waals surface area (Å²) in [6, 6.07) is 14.5. The average molecular weight is 433 g/mol. The highest BCUT2D eigenvalue weighted by atomic mass is 79.9. The molecule has 0 saturated heterocycles. The maximum atomic E-state index is 6.19. The van der Waals surface area contributed by atoms with Crippen molar-refractivity contribution in [3.63, 3.8) is 0 Å². The van der Waals surface area contributed by atoms with Crippen LogP contribution in [0.5, 0.6) is 5.75 Å². The Balaban J connectivity index is 2.06. The Labute approximate surface area is 173 Å². The molecule has 148 valence electrons. The minimum absolute atomic E-state index is 0.197. The van der Waals surface area contributed by atoms with Crippen molar-refractivity contribution in [3.05, 3.63) is 59.9 Å². The minimum Gasteiger partial charge on any atom is -0.488 e. The largest absolute Gasteiger partial charge is 0.488 e. The predicted octanol–water partition coefficient (Wildman–Crippen LogP) is 6.22. The second-order valence-corrected chi connectivity index (χ2v) is 8.75. The molecule has 2 aromatic rings. The molecule has 3 nitrogen and oxygen atoms in total. The van der Waals surface area contributed by atoms with E-state index in [-0.39, 0.29) is 5.60 Å². The van der Waals surface area contributed by atoms with Gasteiger partial charge in [0.15, 0.2) is 0 Å². The van der Waals surface area contributed by atoms with Crippen LogP contribution in [0, 0.1) is 0 Å². The summed E-state index contributed by atoms with van der Waals surface area (Å²) in [5.41, 5.74) is 2.16. The van der Waals surface area contributed by atoms with E-state index in [1.165, 1.54) is 31.2 Å². The SMILES string of the molecule is CC(C)(C)Oc1ccccc1CN(CCCCCCBr)Cc1ccccn1. The Morgan fingerprint density at radius 1 is 0.926 bits per heavy atom. The third-order valence-electron chi connectivity index (χ3n) is 4.25. The molecule has 0 radical (unpaired) electrons. The van der Waals surface area contributed by atoms with Crippen LogP contribution in [-0.2, 0) is 13.1 Å². The zero-order valence-electron chi connectivity index (χ0n) is 17.0. The fraction of sp³-hybridized carbons (Fsp3) is 0.522. The van der Waals surface area contributed by atoms with Gasteiger partial charge in [0.2, 0.25) is 0 Å². The van der Waals surface area contributed by atoms with E-state index < -0.39 is 0 Å². The molecule has 0 unspecified atom stereocenters. The highest BCUT2D eigenvalue weighted by Crippen LogP contribution is 2.25. The maximum Gasteiger partial charge on any atom is 0.124 e. The standard InChI is InChI=1S/C23H33BrN2O/c1-23(2,3)27-22-14-7-6-12-20(22)18-26(17-11-5-4-9-15-24)19-21-13-8-10-16-25-21/h6-8,10,12-14,16H,4-5,9,11,15,17-19H2,1-3H3. The summed E-state index contributed by atoms with van der Waals surface area (Å²) in [7, 11) is 0. The van der Waals surface area contributed by atoms with Gasteiger partial charge in [-0.3, -0.25) is 9.88 Å². The van der Waals surface area contributed by atoms with E-state index in [4.69, 9.17) is 4.74 Å². The summed E-state index contributed by atoms with van der Waals surface area (Å²) >= 11 is 3.52. The molecule has 0 amide bonds. The Hall–Kier alpha value is -1.39. The number of rotatable bonds is 11. The highest BCUT2D eigenvalue weighted by molar-refractivity contribution is 9.09. The number of nitrogens with zero attached hydrogens (tertiary/aromatic N) is 2. The predicted molar refractivity (Wildman–Crippen MR) is 117 cm³/mol. The summed E-state index contributed by atoms with van der Waals surface area (Å²) in [6.07, 6.45) is 6.89. The van der Waals surface area contributed by atoms with Gasteiger partial charge in [0.05, 0.1) is 5.69 Å². The highest BCUT2D eigenvalue weighted by Gasteiger charge is 2.16. The van der Waals surface area contributed by atoms with Crippen molar-refractivity contribution in [3.8, 4) is 5.75 Å². The van der Waals surface area contributed by atoms with Crippen molar-refractivity contribution in [2.24, 2.45) is 0 Å². The minimum atomic E-state index is -0.197. The lowest BCUT2D eigenvalue weighted by atomic mass is 10.1. The van der Waals surface area contributed by atoms with Crippen LogP contribution in [0.1, 0.15) is 57.7 Å². The topological polar surface area (TPSA) is 25.4 Å². The summed E-state index contributed by atoms with van der Waals surface area (Å²) in [5.74, 6) is 0.982. The van der Waals surface area contributed by atoms with Gasteiger partial charge < -0.3 is 4.74 Å². The molecule has 4 heteroatoms. The van der Waals surface area contributed by atoms with E-state index >= 15 is 0 Å². The van der Waals surface area contributed by atoms with Crippen LogP contribution in [-0.4, -0.2) is 27.4 Å². The first kappa shape index (κ1) is 21.9. The van der Waals surface area contributed by atoms with Crippen LogP contribution in [0.15, 0.2) is 48.7 Å². The molecule has 0 fully saturated rings. The maximum absolute atomic E-state index is 6.19. The van der Waals surface area contributed by atoms with Crippen LogP contribution in [0.3, 0.4) is 0 Å². The van der Waals surface area contributed by atoms with Crippen molar-refractivity contribution >= 4 is 15.9 Å². The molecular weight excluding hydrogens is 400 g/mol. The Morgan fingerprint density at radius 2 is 1.67 bits per heavy atom. The zero-order valence-corrected chi connectivity index (χ0v) is 18.5. The number of para-hydroxylation sites is 1. The van der Waals surface area contributed by atoms with E-state index in [2.05, 4.69) is 76.9 Å². The van der Waals surface area contributed by atoms with Gasteiger partial charge in [-0.15, -0.1) is 0 Å². The number of pyridine rings is 1. The second-order valence-electron chi connectivity index (χ2n) is 7.96. The Kier molecular flexibility index (Phi) is 9.29. The molecule has 27 heavy (non-hydrogen) atoms. The fourth-order valence-electron chi connectivity index (χ4n) is 3.02. The number of hydrogen-bond donors (Lipinski definition) is 0. The molecule has 0 N–H and O–H groups in total. The first-order valence-electron chi connectivity index (χ1n) is 9.93. The van der Waals surface area contributed by atoms with E-state index in [1.54, 1.807) is 0 Å². The molecule has 0 aliphatic rings. The molecule has 0 aliphatic carbocycles. The molecule has 2 rings (SSSR count). The number of aromatic nitrogens is 1. The third kappa shape index (κ3) is 8.89. The second kappa shape index (κ2) is 11.5. The van der Waals surface area contributed by atoms with Crippen LogP contribution in [0.25, 0.3) is 0 Å².